The molecule has 0 aromatic heterocycles. The molecule has 3 rings (SSSR count). The van der Waals surface area contributed by atoms with E-state index in [0.717, 1.165) is 18.4 Å². The van der Waals surface area contributed by atoms with E-state index in [-0.39, 0.29) is 30.2 Å². The van der Waals surface area contributed by atoms with Gasteiger partial charge in [-0.05, 0) is 49.3 Å². The number of halogens is 1. The van der Waals surface area contributed by atoms with Crippen molar-refractivity contribution in [2.24, 2.45) is 11.8 Å². The van der Waals surface area contributed by atoms with Crippen LogP contribution in [0.15, 0.2) is 24.3 Å². The molecule has 0 aliphatic carbocycles. The van der Waals surface area contributed by atoms with Gasteiger partial charge in [-0.15, -0.1) is 0 Å². The third kappa shape index (κ3) is 4.61. The number of hydrogen-bond acceptors (Lipinski definition) is 3. The molecule has 2 amide bonds. The van der Waals surface area contributed by atoms with E-state index in [9.17, 15) is 19.1 Å². The second kappa shape index (κ2) is 8.62. The number of nitrogens with zero attached hydrogens (tertiary/aromatic N) is 2. The average molecular weight is 362 g/mol. The number of benzene rings is 1. The molecule has 2 fully saturated rings. The summed E-state index contributed by atoms with van der Waals surface area (Å²) in [4.78, 5) is 28.6. The lowest BCUT2D eigenvalue weighted by Gasteiger charge is -2.37. The number of carbonyl (C=O) groups is 2. The summed E-state index contributed by atoms with van der Waals surface area (Å²) in [5, 5.41) is 9.23. The molecule has 0 radical (unpaired) electrons. The van der Waals surface area contributed by atoms with Crippen molar-refractivity contribution in [2.75, 3.05) is 32.8 Å². The summed E-state index contributed by atoms with van der Waals surface area (Å²) in [5.41, 5.74) is 0.859. The summed E-state index contributed by atoms with van der Waals surface area (Å²) in [7, 11) is 0. The first-order valence-corrected chi connectivity index (χ1v) is 9.48. The number of likely N-dealkylation sites (tertiary alicyclic amines) is 2. The second-order valence-electron chi connectivity index (χ2n) is 7.41. The summed E-state index contributed by atoms with van der Waals surface area (Å²) < 4.78 is 13.3. The van der Waals surface area contributed by atoms with Gasteiger partial charge < -0.3 is 14.9 Å². The lowest BCUT2D eigenvalue weighted by atomic mass is 9.92. The van der Waals surface area contributed by atoms with Crippen molar-refractivity contribution in [1.29, 1.82) is 0 Å². The van der Waals surface area contributed by atoms with Crippen molar-refractivity contribution < 1.29 is 19.1 Å². The first kappa shape index (κ1) is 18.8. The fourth-order valence-corrected chi connectivity index (χ4v) is 3.88. The molecule has 1 N–H and O–H groups in total. The van der Waals surface area contributed by atoms with E-state index >= 15 is 0 Å². The molecule has 2 aliphatic heterocycles. The molecular weight excluding hydrogens is 335 g/mol. The Labute approximate surface area is 153 Å². The Hall–Kier alpha value is -1.95. The minimum atomic E-state index is -0.271. The highest BCUT2D eigenvalue weighted by Gasteiger charge is 2.33. The predicted octanol–water partition coefficient (Wildman–Crippen LogP) is 1.84. The van der Waals surface area contributed by atoms with Crippen LogP contribution in [0.2, 0.25) is 0 Å². The van der Waals surface area contributed by atoms with Crippen LogP contribution in [0.5, 0.6) is 0 Å². The third-order valence-corrected chi connectivity index (χ3v) is 5.59. The van der Waals surface area contributed by atoms with E-state index in [1.54, 1.807) is 11.0 Å². The molecule has 6 heteroatoms. The van der Waals surface area contributed by atoms with E-state index in [1.807, 2.05) is 11.0 Å². The molecule has 1 aromatic rings. The van der Waals surface area contributed by atoms with E-state index in [4.69, 9.17) is 0 Å². The molecule has 1 atom stereocenters. The molecule has 1 aromatic carbocycles. The van der Waals surface area contributed by atoms with Crippen molar-refractivity contribution >= 4 is 11.8 Å². The Bertz CT molecular complexity index is 644. The fraction of sp³-hybridized carbons (Fsp3) is 0.600. The molecule has 5 nitrogen and oxygen atoms in total. The Kier molecular flexibility index (Phi) is 6.25. The molecule has 2 aliphatic rings. The normalized spacial score (nSPS) is 21.9. The maximum Gasteiger partial charge on any atom is 0.227 e. The van der Waals surface area contributed by atoms with E-state index < -0.39 is 0 Å². The monoisotopic (exact) mass is 362 g/mol. The van der Waals surface area contributed by atoms with Crippen LogP contribution in [-0.2, 0) is 16.0 Å². The van der Waals surface area contributed by atoms with Crippen LogP contribution < -0.4 is 0 Å². The van der Waals surface area contributed by atoms with E-state index in [2.05, 4.69) is 0 Å². The second-order valence-corrected chi connectivity index (χ2v) is 7.41. The number of rotatable bonds is 5. The van der Waals surface area contributed by atoms with Gasteiger partial charge in [0.25, 0.3) is 0 Å². The van der Waals surface area contributed by atoms with Crippen LogP contribution >= 0.6 is 0 Å². The van der Waals surface area contributed by atoms with Gasteiger partial charge in [0, 0.05) is 39.2 Å². The quantitative estimate of drug-likeness (QED) is 0.869. The Morgan fingerprint density at radius 1 is 1.23 bits per heavy atom. The van der Waals surface area contributed by atoms with Crippen LogP contribution in [0.25, 0.3) is 0 Å². The SMILES string of the molecule is O=C1CCC(C(=O)N2CCC(CO)CC2)CN1CCc1cccc(F)c1. The lowest BCUT2D eigenvalue weighted by Crippen LogP contribution is -2.49. The summed E-state index contributed by atoms with van der Waals surface area (Å²) in [6.07, 6.45) is 3.28. The summed E-state index contributed by atoms with van der Waals surface area (Å²) in [5.74, 6) is 0.0848. The zero-order chi connectivity index (χ0) is 18.5. The molecule has 0 saturated carbocycles. The Morgan fingerprint density at radius 3 is 2.69 bits per heavy atom. The number of carbonyl (C=O) groups excluding carboxylic acids is 2. The minimum Gasteiger partial charge on any atom is -0.396 e. The van der Waals surface area contributed by atoms with E-state index in [1.165, 1.54) is 12.1 Å². The zero-order valence-electron chi connectivity index (χ0n) is 15.1. The van der Waals surface area contributed by atoms with Gasteiger partial charge in [0.1, 0.15) is 5.82 Å². The fourth-order valence-electron chi connectivity index (χ4n) is 3.88. The number of piperidine rings is 2. The van der Waals surface area contributed by atoms with Crippen LogP contribution in [0.3, 0.4) is 0 Å². The highest BCUT2D eigenvalue weighted by atomic mass is 19.1. The Balaban J connectivity index is 1.54. The summed E-state index contributed by atoms with van der Waals surface area (Å²) >= 11 is 0. The van der Waals surface area contributed by atoms with Gasteiger partial charge >= 0.3 is 0 Å². The largest absolute Gasteiger partial charge is 0.396 e. The van der Waals surface area contributed by atoms with Crippen LogP contribution in [0, 0.1) is 17.7 Å². The van der Waals surface area contributed by atoms with Gasteiger partial charge in [-0.25, -0.2) is 4.39 Å². The van der Waals surface area contributed by atoms with Gasteiger partial charge in [-0.2, -0.15) is 0 Å². The molecule has 26 heavy (non-hydrogen) atoms. The van der Waals surface area contributed by atoms with Crippen molar-refractivity contribution in [3.05, 3.63) is 35.6 Å². The molecule has 1 unspecified atom stereocenters. The highest BCUT2D eigenvalue weighted by molar-refractivity contribution is 5.84. The number of hydrogen-bond donors (Lipinski definition) is 1. The topological polar surface area (TPSA) is 60.9 Å². The van der Waals surface area contributed by atoms with Crippen molar-refractivity contribution in [3.8, 4) is 0 Å². The maximum absolute atomic E-state index is 13.3. The smallest absolute Gasteiger partial charge is 0.227 e. The molecule has 2 heterocycles. The van der Waals surface area contributed by atoms with Crippen LogP contribution in [0.4, 0.5) is 4.39 Å². The maximum atomic E-state index is 13.3. The van der Waals surface area contributed by atoms with Crippen LogP contribution in [0.1, 0.15) is 31.2 Å². The van der Waals surface area contributed by atoms with Crippen molar-refractivity contribution in [1.82, 2.24) is 9.80 Å². The van der Waals surface area contributed by atoms with Gasteiger partial charge in [-0.1, -0.05) is 12.1 Å². The lowest BCUT2D eigenvalue weighted by molar-refractivity contribution is -0.144. The molecule has 2 saturated heterocycles. The third-order valence-electron chi connectivity index (χ3n) is 5.59. The Morgan fingerprint density at radius 2 is 2.00 bits per heavy atom. The first-order valence-electron chi connectivity index (χ1n) is 9.48. The number of aliphatic hydroxyl groups excluding tert-OH is 1. The molecule has 142 valence electrons. The van der Waals surface area contributed by atoms with Gasteiger partial charge in [0.05, 0.1) is 5.92 Å². The molecule has 0 spiro atoms. The molecule has 0 bridgehead atoms. The minimum absolute atomic E-state index is 0.0736. The van der Waals surface area contributed by atoms with E-state index in [0.29, 0.717) is 51.4 Å². The van der Waals surface area contributed by atoms with Gasteiger partial charge in [-0.3, -0.25) is 9.59 Å². The number of amides is 2. The predicted molar refractivity (Wildman–Crippen MR) is 95.8 cm³/mol. The van der Waals surface area contributed by atoms with Crippen LogP contribution in [-0.4, -0.2) is 59.5 Å². The summed E-state index contributed by atoms with van der Waals surface area (Å²) in [6, 6.07) is 6.42. The van der Waals surface area contributed by atoms with Gasteiger partial charge in [0.15, 0.2) is 0 Å². The van der Waals surface area contributed by atoms with Crippen molar-refractivity contribution in [2.45, 2.75) is 32.1 Å². The average Bonchev–Trinajstić information content (AvgIpc) is 2.67. The summed E-state index contributed by atoms with van der Waals surface area (Å²) in [6.45, 7) is 2.54. The zero-order valence-corrected chi connectivity index (χ0v) is 15.1. The van der Waals surface area contributed by atoms with Crippen molar-refractivity contribution in [3.63, 3.8) is 0 Å². The molecular formula is C20H27FN2O3. The standard InChI is InChI=1S/C20H27FN2O3/c21-18-3-1-2-15(12-18)6-11-23-13-17(4-5-19(23)25)20(26)22-9-7-16(14-24)8-10-22/h1-3,12,16-17,24H,4-11,13-14H2. The first-order chi connectivity index (χ1) is 12.6. The number of aliphatic hydroxyl groups is 1. The van der Waals surface area contributed by atoms with Gasteiger partial charge in [0.2, 0.25) is 11.8 Å². The highest BCUT2D eigenvalue weighted by Crippen LogP contribution is 2.24.